The number of ether oxygens (including phenoxy) is 1. The van der Waals surface area contributed by atoms with Crippen LogP contribution in [0.4, 0.5) is 5.69 Å². The summed E-state index contributed by atoms with van der Waals surface area (Å²) < 4.78 is 36.0. The van der Waals surface area contributed by atoms with Gasteiger partial charge in [-0.15, -0.1) is 0 Å². The summed E-state index contributed by atoms with van der Waals surface area (Å²) in [6.07, 6.45) is 0. The van der Waals surface area contributed by atoms with E-state index in [0.29, 0.717) is 6.07 Å². The summed E-state index contributed by atoms with van der Waals surface area (Å²) in [7, 11) is -4.65. The second-order valence-corrected chi connectivity index (χ2v) is 6.05. The van der Waals surface area contributed by atoms with E-state index in [9.17, 15) is 28.1 Å². The van der Waals surface area contributed by atoms with E-state index in [1.54, 1.807) is 0 Å². The molecular weight excluding hydrogens is 358 g/mol. The number of nitro groups is 1. The van der Waals surface area contributed by atoms with E-state index in [1.807, 2.05) is 0 Å². The highest BCUT2D eigenvalue weighted by Crippen LogP contribution is 2.21. The Morgan fingerprint density at radius 2 is 1.64 bits per heavy atom. The molecule has 0 radical (unpaired) electrons. The fraction of sp³-hybridized carbons (Fsp3) is 0. The van der Waals surface area contributed by atoms with Crippen LogP contribution in [0, 0.1) is 10.1 Å². The minimum atomic E-state index is -4.65. The summed E-state index contributed by atoms with van der Waals surface area (Å²) in [5, 5.41) is 19.7. The monoisotopic (exact) mass is 367 g/mol. The molecule has 0 atom stereocenters. The second-order valence-electron chi connectivity index (χ2n) is 4.63. The Labute approximate surface area is 140 Å². The molecule has 2 N–H and O–H groups in total. The van der Waals surface area contributed by atoms with Crippen LogP contribution in [0.5, 0.6) is 5.75 Å². The fourth-order valence-corrected chi connectivity index (χ4v) is 2.34. The van der Waals surface area contributed by atoms with Gasteiger partial charge in [0.05, 0.1) is 20.9 Å². The highest BCUT2D eigenvalue weighted by atomic mass is 32.2. The van der Waals surface area contributed by atoms with E-state index in [0.717, 1.165) is 36.4 Å². The number of benzene rings is 2. The van der Waals surface area contributed by atoms with Crippen molar-refractivity contribution in [1.82, 2.24) is 0 Å². The van der Waals surface area contributed by atoms with Crippen molar-refractivity contribution in [3.05, 3.63) is 63.7 Å². The number of hydrogen-bond acceptors (Lipinski definition) is 7. The van der Waals surface area contributed by atoms with Crippen molar-refractivity contribution >= 4 is 27.7 Å². The predicted molar refractivity (Wildman–Crippen MR) is 81.3 cm³/mol. The lowest BCUT2D eigenvalue weighted by atomic mass is 10.1. The maximum Gasteiger partial charge on any atom is 0.344 e. The Bertz CT molecular complexity index is 964. The lowest BCUT2D eigenvalue weighted by molar-refractivity contribution is -0.384. The Morgan fingerprint density at radius 1 is 1.04 bits per heavy atom. The first-order valence-electron chi connectivity index (χ1n) is 6.41. The number of nitrogens with zero attached hydrogens (tertiary/aromatic N) is 1. The molecule has 0 bridgehead atoms. The summed E-state index contributed by atoms with van der Waals surface area (Å²) in [6, 6.07) is 6.79. The lowest BCUT2D eigenvalue weighted by Crippen LogP contribution is -2.15. The van der Waals surface area contributed by atoms with Gasteiger partial charge >= 0.3 is 11.9 Å². The van der Waals surface area contributed by atoms with Gasteiger partial charge in [-0.05, 0) is 30.3 Å². The number of esters is 1. The summed E-state index contributed by atoms with van der Waals surface area (Å²) in [6.45, 7) is 0. The zero-order valence-electron chi connectivity index (χ0n) is 12.1. The molecule has 0 spiro atoms. The van der Waals surface area contributed by atoms with Crippen molar-refractivity contribution in [1.29, 1.82) is 0 Å². The van der Waals surface area contributed by atoms with Crippen molar-refractivity contribution in [2.24, 2.45) is 0 Å². The molecule has 0 aliphatic heterocycles. The van der Waals surface area contributed by atoms with E-state index in [1.165, 1.54) is 0 Å². The number of carboxylic acids is 1. The molecule has 2 aromatic rings. The van der Waals surface area contributed by atoms with Gasteiger partial charge in [-0.25, -0.2) is 9.59 Å². The number of rotatable bonds is 5. The van der Waals surface area contributed by atoms with Gasteiger partial charge in [0.25, 0.3) is 15.8 Å². The van der Waals surface area contributed by atoms with E-state index < -0.39 is 43.0 Å². The van der Waals surface area contributed by atoms with Gasteiger partial charge in [0.2, 0.25) is 0 Å². The van der Waals surface area contributed by atoms with Crippen LogP contribution in [-0.4, -0.2) is 34.9 Å². The number of hydrogen-bond donors (Lipinski definition) is 2. The van der Waals surface area contributed by atoms with E-state index >= 15 is 0 Å². The molecule has 25 heavy (non-hydrogen) atoms. The number of carboxylic acid groups (broad SMARTS) is 1. The Morgan fingerprint density at radius 3 is 2.12 bits per heavy atom. The summed E-state index contributed by atoms with van der Waals surface area (Å²) in [5.74, 6) is -2.81. The van der Waals surface area contributed by atoms with Gasteiger partial charge in [0, 0.05) is 12.1 Å². The maximum atomic E-state index is 12.1. The van der Waals surface area contributed by atoms with Crippen LogP contribution in [0.1, 0.15) is 20.7 Å². The van der Waals surface area contributed by atoms with Gasteiger partial charge in [-0.1, -0.05) is 0 Å². The summed E-state index contributed by atoms with van der Waals surface area (Å²) in [4.78, 5) is 32.5. The third-order valence-corrected chi connectivity index (χ3v) is 3.85. The van der Waals surface area contributed by atoms with Crippen LogP contribution < -0.4 is 4.74 Å². The van der Waals surface area contributed by atoms with Crippen LogP contribution >= 0.6 is 0 Å². The van der Waals surface area contributed by atoms with Gasteiger partial charge in [0.1, 0.15) is 5.75 Å². The smallest absolute Gasteiger partial charge is 0.344 e. The van der Waals surface area contributed by atoms with Crippen LogP contribution in [-0.2, 0) is 10.1 Å². The molecule has 0 saturated carbocycles. The number of carbonyl (C=O) groups excluding carboxylic acids is 1. The second kappa shape index (κ2) is 6.67. The Kier molecular flexibility index (Phi) is 4.81. The molecule has 130 valence electrons. The standard InChI is InChI=1S/C14H9NO9S/c16-13(17)12-7-10(25(21,22)23)5-6-11(12)14(18)24-9-3-1-8(2-4-9)15(19)20/h1-7H,(H,16,17)(H,21,22,23). The third kappa shape index (κ3) is 4.16. The van der Waals surface area contributed by atoms with Gasteiger partial charge < -0.3 is 9.84 Å². The normalized spacial score (nSPS) is 10.9. The van der Waals surface area contributed by atoms with Crippen molar-refractivity contribution in [2.75, 3.05) is 0 Å². The van der Waals surface area contributed by atoms with Crippen LogP contribution in [0.25, 0.3) is 0 Å². The van der Waals surface area contributed by atoms with E-state index in [-0.39, 0.29) is 11.4 Å². The minimum absolute atomic E-state index is 0.0780. The predicted octanol–water partition coefficient (Wildman–Crippen LogP) is 1.76. The van der Waals surface area contributed by atoms with Crippen molar-refractivity contribution < 1.29 is 37.3 Å². The topological polar surface area (TPSA) is 161 Å². The molecule has 2 aromatic carbocycles. The fourth-order valence-electron chi connectivity index (χ4n) is 1.84. The molecule has 0 saturated heterocycles. The largest absolute Gasteiger partial charge is 0.478 e. The van der Waals surface area contributed by atoms with Crippen molar-refractivity contribution in [2.45, 2.75) is 4.90 Å². The van der Waals surface area contributed by atoms with Crippen LogP contribution in [0.3, 0.4) is 0 Å². The number of carbonyl (C=O) groups is 2. The van der Waals surface area contributed by atoms with E-state index in [2.05, 4.69) is 0 Å². The first-order chi connectivity index (χ1) is 11.6. The molecule has 0 aromatic heterocycles. The van der Waals surface area contributed by atoms with Gasteiger partial charge in [0.15, 0.2) is 0 Å². The Balaban J connectivity index is 2.35. The number of non-ortho nitro benzene ring substituents is 1. The molecule has 2 rings (SSSR count). The molecule has 0 aliphatic rings. The van der Waals surface area contributed by atoms with Crippen molar-refractivity contribution in [3.8, 4) is 5.75 Å². The SMILES string of the molecule is O=C(O)c1cc(S(=O)(=O)O)ccc1C(=O)Oc1ccc([N+](=O)[O-])cc1. The first kappa shape index (κ1) is 18.0. The molecule has 11 heteroatoms. The van der Waals surface area contributed by atoms with Gasteiger partial charge in [-0.3, -0.25) is 14.7 Å². The van der Waals surface area contributed by atoms with Crippen LogP contribution in [0.15, 0.2) is 47.4 Å². The van der Waals surface area contributed by atoms with E-state index in [4.69, 9.17) is 14.4 Å². The van der Waals surface area contributed by atoms with Crippen molar-refractivity contribution in [3.63, 3.8) is 0 Å². The first-order valence-corrected chi connectivity index (χ1v) is 7.85. The molecule has 0 unspecified atom stereocenters. The highest BCUT2D eigenvalue weighted by molar-refractivity contribution is 7.85. The lowest BCUT2D eigenvalue weighted by Gasteiger charge is -2.08. The molecule has 0 fully saturated rings. The number of nitro benzene ring substituents is 1. The molecular formula is C14H9NO9S. The highest BCUT2D eigenvalue weighted by Gasteiger charge is 2.22. The maximum absolute atomic E-state index is 12.1. The van der Waals surface area contributed by atoms with Gasteiger partial charge in [-0.2, -0.15) is 8.42 Å². The molecule has 0 heterocycles. The average molecular weight is 367 g/mol. The Hall–Kier alpha value is -3.31. The number of aromatic carboxylic acids is 1. The zero-order chi connectivity index (χ0) is 18.8. The summed E-state index contributed by atoms with van der Waals surface area (Å²) in [5.41, 5.74) is -1.39. The zero-order valence-corrected chi connectivity index (χ0v) is 13.0. The summed E-state index contributed by atoms with van der Waals surface area (Å²) >= 11 is 0. The molecule has 0 aliphatic carbocycles. The minimum Gasteiger partial charge on any atom is -0.478 e. The molecule has 0 amide bonds. The molecule has 10 nitrogen and oxygen atoms in total. The third-order valence-electron chi connectivity index (χ3n) is 3.00. The quantitative estimate of drug-likeness (QED) is 0.264. The average Bonchev–Trinajstić information content (AvgIpc) is 2.53. The van der Waals surface area contributed by atoms with Crippen LogP contribution in [0.2, 0.25) is 0 Å².